The fraction of sp³-hybridized carbons (Fsp3) is 1.00. The van der Waals surface area contributed by atoms with Gasteiger partial charge in [0.1, 0.15) is 0 Å². The first-order valence-electron chi connectivity index (χ1n) is 6.46. The summed E-state index contributed by atoms with van der Waals surface area (Å²) in [7, 11) is -3.74. The van der Waals surface area contributed by atoms with E-state index < -0.39 is 10.1 Å². The minimum atomic E-state index is -3.74. The van der Waals surface area contributed by atoms with Crippen LogP contribution in [0, 0.1) is 11.8 Å². The molecule has 0 aromatic carbocycles. The number of hydrogen-bond donors (Lipinski definition) is 1. The van der Waals surface area contributed by atoms with Crippen LogP contribution in [0.1, 0.15) is 58.3 Å². The first kappa shape index (κ1) is 14.0. The molecular formula is C12H24O3S. The van der Waals surface area contributed by atoms with E-state index in [1.165, 1.54) is 38.5 Å². The van der Waals surface area contributed by atoms with Gasteiger partial charge in [-0.3, -0.25) is 4.55 Å². The van der Waals surface area contributed by atoms with E-state index in [-0.39, 0.29) is 5.75 Å². The molecule has 4 heteroatoms. The van der Waals surface area contributed by atoms with E-state index in [2.05, 4.69) is 6.92 Å². The average molecular weight is 248 g/mol. The zero-order valence-corrected chi connectivity index (χ0v) is 11.0. The lowest BCUT2D eigenvalue weighted by atomic mass is 9.78. The molecule has 96 valence electrons. The third-order valence-electron chi connectivity index (χ3n) is 3.68. The van der Waals surface area contributed by atoms with E-state index in [9.17, 15) is 8.42 Å². The third kappa shape index (κ3) is 5.85. The van der Waals surface area contributed by atoms with Crippen molar-refractivity contribution in [2.45, 2.75) is 58.3 Å². The van der Waals surface area contributed by atoms with E-state index in [1.807, 2.05) is 0 Å². The Morgan fingerprint density at radius 1 is 1.06 bits per heavy atom. The summed E-state index contributed by atoms with van der Waals surface area (Å²) in [6.45, 7) is 2.23. The fourth-order valence-corrected chi connectivity index (χ4v) is 3.30. The quantitative estimate of drug-likeness (QED) is 0.734. The van der Waals surface area contributed by atoms with Crippen LogP contribution < -0.4 is 0 Å². The van der Waals surface area contributed by atoms with Gasteiger partial charge in [0.15, 0.2) is 0 Å². The molecular weight excluding hydrogens is 224 g/mol. The van der Waals surface area contributed by atoms with Crippen LogP contribution in [0.4, 0.5) is 0 Å². The van der Waals surface area contributed by atoms with Gasteiger partial charge in [0, 0.05) is 0 Å². The summed E-state index contributed by atoms with van der Waals surface area (Å²) in [6, 6.07) is 0. The van der Waals surface area contributed by atoms with Gasteiger partial charge >= 0.3 is 0 Å². The van der Waals surface area contributed by atoms with Gasteiger partial charge in [-0.2, -0.15) is 8.42 Å². The second-order valence-electron chi connectivity index (χ2n) is 5.10. The molecule has 0 bridgehead atoms. The van der Waals surface area contributed by atoms with Crippen LogP contribution in [0.5, 0.6) is 0 Å². The summed E-state index contributed by atoms with van der Waals surface area (Å²) in [6.07, 6.45) is 9.30. The van der Waals surface area contributed by atoms with Crippen LogP contribution in [0.2, 0.25) is 0 Å². The van der Waals surface area contributed by atoms with Crippen molar-refractivity contribution < 1.29 is 13.0 Å². The Morgan fingerprint density at radius 3 is 2.00 bits per heavy atom. The Bertz CT molecular complexity index is 277. The summed E-state index contributed by atoms with van der Waals surface area (Å²) in [5.74, 6) is 1.53. The van der Waals surface area contributed by atoms with Crippen LogP contribution >= 0.6 is 0 Å². The molecule has 1 aliphatic carbocycles. The smallest absolute Gasteiger partial charge is 0.264 e. The lowest BCUT2D eigenvalue weighted by Gasteiger charge is -2.28. The summed E-state index contributed by atoms with van der Waals surface area (Å²) in [5, 5.41) is 0. The van der Waals surface area contributed by atoms with Gasteiger partial charge in [0.05, 0.1) is 5.75 Å². The molecule has 0 aromatic heterocycles. The minimum absolute atomic E-state index is 0.0676. The topological polar surface area (TPSA) is 54.4 Å². The van der Waals surface area contributed by atoms with E-state index in [0.717, 1.165) is 12.3 Å². The van der Waals surface area contributed by atoms with Crippen molar-refractivity contribution in [1.29, 1.82) is 0 Å². The fourth-order valence-electron chi connectivity index (χ4n) is 2.77. The lowest BCUT2D eigenvalue weighted by molar-refractivity contribution is 0.251. The highest BCUT2D eigenvalue weighted by Crippen LogP contribution is 2.33. The molecule has 0 atom stereocenters. The molecule has 0 saturated heterocycles. The maximum absolute atomic E-state index is 10.6. The van der Waals surface area contributed by atoms with Crippen molar-refractivity contribution in [3.05, 3.63) is 0 Å². The van der Waals surface area contributed by atoms with Gasteiger partial charge in [-0.25, -0.2) is 0 Å². The minimum Gasteiger partial charge on any atom is -0.286 e. The van der Waals surface area contributed by atoms with Crippen molar-refractivity contribution in [3.8, 4) is 0 Å². The van der Waals surface area contributed by atoms with Crippen molar-refractivity contribution in [2.75, 3.05) is 5.75 Å². The molecule has 1 N–H and O–H groups in total. The van der Waals surface area contributed by atoms with Gasteiger partial charge in [0.25, 0.3) is 10.1 Å². The maximum Gasteiger partial charge on any atom is 0.264 e. The Balaban J connectivity index is 2.13. The van der Waals surface area contributed by atoms with Crippen molar-refractivity contribution >= 4 is 10.1 Å². The summed E-state index contributed by atoms with van der Waals surface area (Å²) in [4.78, 5) is 0. The van der Waals surface area contributed by atoms with E-state index in [1.54, 1.807) is 0 Å². The Morgan fingerprint density at radius 2 is 1.56 bits per heavy atom. The zero-order valence-electron chi connectivity index (χ0n) is 10.2. The molecule has 0 aliphatic heterocycles. The molecule has 0 aromatic rings. The SMILES string of the molecule is CCCC1CCC(CCCS(=O)(=O)O)CC1. The summed E-state index contributed by atoms with van der Waals surface area (Å²) >= 11 is 0. The molecule has 0 radical (unpaired) electrons. The molecule has 0 amide bonds. The van der Waals surface area contributed by atoms with Crippen LogP contribution in [-0.2, 0) is 10.1 Å². The average Bonchev–Trinajstić information content (AvgIpc) is 2.19. The van der Waals surface area contributed by atoms with Crippen LogP contribution in [-0.4, -0.2) is 18.7 Å². The van der Waals surface area contributed by atoms with Crippen LogP contribution in [0.15, 0.2) is 0 Å². The van der Waals surface area contributed by atoms with Crippen molar-refractivity contribution in [1.82, 2.24) is 0 Å². The van der Waals surface area contributed by atoms with Crippen LogP contribution in [0.3, 0.4) is 0 Å². The monoisotopic (exact) mass is 248 g/mol. The van der Waals surface area contributed by atoms with E-state index in [0.29, 0.717) is 12.3 Å². The first-order chi connectivity index (χ1) is 7.51. The van der Waals surface area contributed by atoms with Gasteiger partial charge in [-0.05, 0) is 24.7 Å². The maximum atomic E-state index is 10.6. The highest BCUT2D eigenvalue weighted by Gasteiger charge is 2.20. The number of rotatable bonds is 6. The van der Waals surface area contributed by atoms with Crippen LogP contribution in [0.25, 0.3) is 0 Å². The Labute approximate surface area is 99.4 Å². The second kappa shape index (κ2) is 6.60. The molecule has 0 heterocycles. The predicted octanol–water partition coefficient (Wildman–Crippen LogP) is 3.26. The molecule has 1 fully saturated rings. The number of hydrogen-bond acceptors (Lipinski definition) is 2. The molecule has 1 saturated carbocycles. The molecule has 0 unspecified atom stereocenters. The third-order valence-corrected chi connectivity index (χ3v) is 4.48. The summed E-state index contributed by atoms with van der Waals surface area (Å²) < 4.78 is 29.8. The highest BCUT2D eigenvalue weighted by atomic mass is 32.2. The van der Waals surface area contributed by atoms with E-state index >= 15 is 0 Å². The molecule has 0 spiro atoms. The van der Waals surface area contributed by atoms with E-state index in [4.69, 9.17) is 4.55 Å². The highest BCUT2D eigenvalue weighted by molar-refractivity contribution is 7.85. The molecule has 16 heavy (non-hydrogen) atoms. The molecule has 1 aliphatic rings. The van der Waals surface area contributed by atoms with Gasteiger partial charge in [-0.1, -0.05) is 45.4 Å². The molecule has 1 rings (SSSR count). The summed E-state index contributed by atoms with van der Waals surface area (Å²) in [5.41, 5.74) is 0. The Kier molecular flexibility index (Phi) is 5.76. The predicted molar refractivity (Wildman–Crippen MR) is 66.0 cm³/mol. The molecule has 3 nitrogen and oxygen atoms in total. The Hall–Kier alpha value is -0.0900. The van der Waals surface area contributed by atoms with Crippen molar-refractivity contribution in [2.24, 2.45) is 11.8 Å². The largest absolute Gasteiger partial charge is 0.286 e. The standard InChI is InChI=1S/C12H24O3S/c1-2-4-11-6-8-12(9-7-11)5-3-10-16(13,14)15/h11-12H,2-10H2,1H3,(H,13,14,15). The second-order valence-corrected chi connectivity index (χ2v) is 6.68. The van der Waals surface area contributed by atoms with Gasteiger partial charge < -0.3 is 0 Å². The normalized spacial score (nSPS) is 26.9. The van der Waals surface area contributed by atoms with Gasteiger partial charge in [-0.15, -0.1) is 0 Å². The zero-order chi connectivity index (χ0) is 12.0. The lowest BCUT2D eigenvalue weighted by Crippen LogP contribution is -2.15. The van der Waals surface area contributed by atoms with Gasteiger partial charge in [0.2, 0.25) is 0 Å². The first-order valence-corrected chi connectivity index (χ1v) is 8.07. The van der Waals surface area contributed by atoms with Crippen molar-refractivity contribution in [3.63, 3.8) is 0 Å².